The SMILES string of the molecule is CC.CC.CC(C(=O)O)C1CCNCC1.CCOC(=O)C1CCCNCC1. The van der Waals surface area contributed by atoms with E-state index in [0.717, 1.165) is 58.3 Å². The van der Waals surface area contributed by atoms with Crippen LogP contribution < -0.4 is 10.6 Å². The topological polar surface area (TPSA) is 87.7 Å². The highest BCUT2D eigenvalue weighted by Crippen LogP contribution is 2.21. The number of aliphatic carboxylic acids is 1. The van der Waals surface area contributed by atoms with Crippen LogP contribution in [0.5, 0.6) is 0 Å². The number of hydrogen-bond donors (Lipinski definition) is 3. The second-order valence-corrected chi connectivity index (χ2v) is 6.34. The molecule has 0 aromatic rings. The molecule has 2 aliphatic heterocycles. The van der Waals surface area contributed by atoms with Crippen molar-refractivity contribution in [3.05, 3.63) is 0 Å². The van der Waals surface area contributed by atoms with Gasteiger partial charge in [0.05, 0.1) is 18.4 Å². The first kappa shape index (κ1) is 28.1. The van der Waals surface area contributed by atoms with E-state index in [9.17, 15) is 9.59 Å². The number of carboxylic acid groups (broad SMARTS) is 1. The molecule has 2 unspecified atom stereocenters. The molecule has 2 rings (SSSR count). The summed E-state index contributed by atoms with van der Waals surface area (Å²) in [5.41, 5.74) is 0. The van der Waals surface area contributed by atoms with E-state index >= 15 is 0 Å². The van der Waals surface area contributed by atoms with Crippen LogP contribution in [0.3, 0.4) is 0 Å². The van der Waals surface area contributed by atoms with Crippen molar-refractivity contribution in [1.29, 1.82) is 0 Å². The number of carbonyl (C=O) groups excluding carboxylic acids is 1. The zero-order valence-corrected chi connectivity index (χ0v) is 18.5. The van der Waals surface area contributed by atoms with Gasteiger partial charge in [0.2, 0.25) is 0 Å². The lowest BCUT2D eigenvalue weighted by atomic mass is 9.86. The summed E-state index contributed by atoms with van der Waals surface area (Å²) < 4.78 is 4.97. The van der Waals surface area contributed by atoms with Crippen LogP contribution in [0.25, 0.3) is 0 Å². The van der Waals surface area contributed by atoms with Gasteiger partial charge >= 0.3 is 11.9 Å². The fourth-order valence-corrected chi connectivity index (χ4v) is 3.06. The molecule has 0 aromatic heterocycles. The number of carbonyl (C=O) groups is 2. The lowest BCUT2D eigenvalue weighted by Gasteiger charge is -2.25. The van der Waals surface area contributed by atoms with Crippen molar-refractivity contribution < 1.29 is 19.4 Å². The molecule has 2 aliphatic rings. The van der Waals surface area contributed by atoms with E-state index in [-0.39, 0.29) is 17.8 Å². The summed E-state index contributed by atoms with van der Waals surface area (Å²) in [6, 6.07) is 0. The van der Waals surface area contributed by atoms with E-state index in [2.05, 4.69) is 10.6 Å². The first-order chi connectivity index (χ1) is 13.1. The molecule has 0 saturated carbocycles. The highest BCUT2D eigenvalue weighted by atomic mass is 16.5. The first-order valence-electron chi connectivity index (χ1n) is 10.9. The number of esters is 1. The summed E-state index contributed by atoms with van der Waals surface area (Å²) in [6.07, 6.45) is 5.01. The van der Waals surface area contributed by atoms with Crippen LogP contribution in [-0.4, -0.2) is 49.8 Å². The van der Waals surface area contributed by atoms with Crippen LogP contribution >= 0.6 is 0 Å². The average molecular weight is 389 g/mol. The average Bonchev–Trinajstić information content (AvgIpc) is 3.01. The standard InChI is InChI=1S/C9H17NO2.C8H15NO2.2C2H6/c1-2-12-9(11)8-4-3-6-10-7-5-8;1-6(8(10)11)7-2-4-9-5-3-7;2*1-2/h8,10H,2-7H2,1H3;6-7,9H,2-5H2,1H3,(H,10,11);2*1-2H3. The molecule has 162 valence electrons. The van der Waals surface area contributed by atoms with Crippen molar-refractivity contribution >= 4 is 11.9 Å². The molecule has 0 amide bonds. The second-order valence-electron chi connectivity index (χ2n) is 6.34. The van der Waals surface area contributed by atoms with Gasteiger partial charge in [0.1, 0.15) is 0 Å². The summed E-state index contributed by atoms with van der Waals surface area (Å²) >= 11 is 0. The molecule has 27 heavy (non-hydrogen) atoms. The quantitative estimate of drug-likeness (QED) is 0.637. The molecule has 2 saturated heterocycles. The fraction of sp³-hybridized carbons (Fsp3) is 0.905. The van der Waals surface area contributed by atoms with Crippen molar-refractivity contribution in [1.82, 2.24) is 10.6 Å². The van der Waals surface area contributed by atoms with Gasteiger partial charge in [-0.1, -0.05) is 34.6 Å². The van der Waals surface area contributed by atoms with Crippen LogP contribution in [0.1, 0.15) is 73.6 Å². The number of rotatable bonds is 4. The summed E-state index contributed by atoms with van der Waals surface area (Å²) in [4.78, 5) is 21.9. The van der Waals surface area contributed by atoms with Gasteiger partial charge < -0.3 is 20.5 Å². The van der Waals surface area contributed by atoms with Crippen molar-refractivity contribution in [3.63, 3.8) is 0 Å². The third kappa shape index (κ3) is 13.6. The summed E-state index contributed by atoms with van der Waals surface area (Å²) in [7, 11) is 0. The third-order valence-corrected chi connectivity index (χ3v) is 4.68. The molecular weight excluding hydrogens is 344 g/mol. The Morgan fingerprint density at radius 3 is 2.00 bits per heavy atom. The van der Waals surface area contributed by atoms with E-state index in [1.54, 1.807) is 6.92 Å². The second kappa shape index (κ2) is 19.6. The van der Waals surface area contributed by atoms with Gasteiger partial charge in [-0.2, -0.15) is 0 Å². The molecule has 0 aromatic carbocycles. The smallest absolute Gasteiger partial charge is 0.308 e. The zero-order chi connectivity index (χ0) is 21.1. The number of hydrogen-bond acceptors (Lipinski definition) is 5. The summed E-state index contributed by atoms with van der Waals surface area (Å²) in [5.74, 6) is -0.316. The van der Waals surface area contributed by atoms with Gasteiger partial charge in [0.25, 0.3) is 0 Å². The van der Waals surface area contributed by atoms with Gasteiger partial charge in [-0.3, -0.25) is 9.59 Å². The summed E-state index contributed by atoms with van der Waals surface area (Å²) in [6.45, 7) is 16.1. The maximum atomic E-state index is 11.3. The Balaban J connectivity index is 0. The van der Waals surface area contributed by atoms with Crippen LogP contribution in [0.2, 0.25) is 0 Å². The lowest BCUT2D eigenvalue weighted by molar-refractivity contribution is -0.148. The molecule has 2 fully saturated rings. The predicted octanol–water partition coefficient (Wildman–Crippen LogP) is 3.70. The van der Waals surface area contributed by atoms with E-state index < -0.39 is 5.97 Å². The van der Waals surface area contributed by atoms with Crippen LogP contribution in [0, 0.1) is 17.8 Å². The monoisotopic (exact) mass is 388 g/mol. The molecule has 6 heteroatoms. The van der Waals surface area contributed by atoms with Crippen molar-refractivity contribution in [2.24, 2.45) is 17.8 Å². The normalized spacial score (nSPS) is 20.7. The molecular formula is C21H44N2O4. The largest absolute Gasteiger partial charge is 0.481 e. The first-order valence-corrected chi connectivity index (χ1v) is 10.9. The maximum absolute atomic E-state index is 11.3. The molecule has 6 nitrogen and oxygen atoms in total. The van der Waals surface area contributed by atoms with Gasteiger partial charge in [0.15, 0.2) is 0 Å². The molecule has 0 bridgehead atoms. The van der Waals surface area contributed by atoms with Gasteiger partial charge in [-0.25, -0.2) is 0 Å². The highest BCUT2D eigenvalue weighted by Gasteiger charge is 2.24. The molecule has 3 N–H and O–H groups in total. The minimum atomic E-state index is -0.656. The van der Waals surface area contributed by atoms with E-state index in [1.165, 1.54) is 0 Å². The van der Waals surface area contributed by atoms with E-state index in [4.69, 9.17) is 9.84 Å². The maximum Gasteiger partial charge on any atom is 0.308 e. The van der Waals surface area contributed by atoms with Gasteiger partial charge in [-0.05, 0) is 71.1 Å². The van der Waals surface area contributed by atoms with Crippen molar-refractivity contribution in [3.8, 4) is 0 Å². The summed E-state index contributed by atoms with van der Waals surface area (Å²) in [5, 5.41) is 15.2. The van der Waals surface area contributed by atoms with E-state index in [1.807, 2.05) is 34.6 Å². The Labute approximate surface area is 166 Å². The van der Waals surface area contributed by atoms with E-state index in [0.29, 0.717) is 12.5 Å². The van der Waals surface area contributed by atoms with Gasteiger partial charge in [-0.15, -0.1) is 0 Å². The predicted molar refractivity (Wildman–Crippen MR) is 112 cm³/mol. The van der Waals surface area contributed by atoms with Crippen LogP contribution in [0.4, 0.5) is 0 Å². The molecule has 0 spiro atoms. The molecule has 0 radical (unpaired) electrons. The number of ether oxygens (including phenoxy) is 1. The zero-order valence-electron chi connectivity index (χ0n) is 18.5. The Morgan fingerprint density at radius 2 is 1.48 bits per heavy atom. The highest BCUT2D eigenvalue weighted by molar-refractivity contribution is 5.72. The van der Waals surface area contributed by atoms with Gasteiger partial charge in [0, 0.05) is 0 Å². The number of piperidine rings is 1. The Hall–Kier alpha value is -1.14. The molecule has 2 heterocycles. The third-order valence-electron chi connectivity index (χ3n) is 4.68. The minimum absolute atomic E-state index is 0.0128. The van der Waals surface area contributed by atoms with Crippen molar-refractivity contribution in [2.45, 2.75) is 73.6 Å². The minimum Gasteiger partial charge on any atom is -0.481 e. The Morgan fingerprint density at radius 1 is 0.963 bits per heavy atom. The fourth-order valence-electron chi connectivity index (χ4n) is 3.06. The number of carboxylic acids is 1. The Bertz CT molecular complexity index is 350. The van der Waals surface area contributed by atoms with Crippen LogP contribution in [0.15, 0.2) is 0 Å². The Kier molecular flexibility index (Phi) is 20.4. The lowest BCUT2D eigenvalue weighted by Crippen LogP contribution is -2.33. The molecule has 0 aliphatic carbocycles. The van der Waals surface area contributed by atoms with Crippen LogP contribution in [-0.2, 0) is 14.3 Å². The van der Waals surface area contributed by atoms with Crippen molar-refractivity contribution in [2.75, 3.05) is 32.8 Å². The number of nitrogens with one attached hydrogen (secondary N) is 2. The molecule has 2 atom stereocenters.